The standard InChI is InChI=1S/C12H14F3N3O/c1-18(11(19)8-2-3-8)17-7-10-5-4-9(6-16-10)12(13,14)15/h4-6,8,17H,2-3,7H2,1H3/i7D2. The summed E-state index contributed by atoms with van der Waals surface area (Å²) in [6.07, 6.45) is -2.42. The molecule has 0 aliphatic heterocycles. The van der Waals surface area contributed by atoms with Crippen molar-refractivity contribution in [1.29, 1.82) is 0 Å². The number of rotatable bonds is 4. The number of carbonyl (C=O) groups excluding carboxylic acids is 1. The highest BCUT2D eigenvalue weighted by Crippen LogP contribution is 2.30. The van der Waals surface area contributed by atoms with Gasteiger partial charge in [0.25, 0.3) is 0 Å². The van der Waals surface area contributed by atoms with E-state index >= 15 is 0 Å². The van der Waals surface area contributed by atoms with Crippen LogP contribution in [0.25, 0.3) is 0 Å². The molecule has 2 rings (SSSR count). The number of nitrogens with zero attached hydrogens (tertiary/aromatic N) is 2. The van der Waals surface area contributed by atoms with Gasteiger partial charge in [-0.2, -0.15) is 13.2 Å². The fraction of sp³-hybridized carbons (Fsp3) is 0.500. The Morgan fingerprint density at radius 2 is 2.26 bits per heavy atom. The van der Waals surface area contributed by atoms with Crippen LogP contribution in [0.15, 0.2) is 18.3 Å². The zero-order valence-electron chi connectivity index (χ0n) is 12.2. The van der Waals surface area contributed by atoms with E-state index in [0.29, 0.717) is 6.20 Å². The van der Waals surface area contributed by atoms with E-state index in [0.717, 1.165) is 30.0 Å². The molecule has 1 fully saturated rings. The minimum absolute atomic E-state index is 0.0983. The van der Waals surface area contributed by atoms with Crippen LogP contribution in [0, 0.1) is 5.92 Å². The molecule has 1 aliphatic carbocycles. The summed E-state index contributed by atoms with van der Waals surface area (Å²) in [5.41, 5.74) is 1.14. The molecule has 0 radical (unpaired) electrons. The van der Waals surface area contributed by atoms with Crippen LogP contribution < -0.4 is 5.43 Å². The normalized spacial score (nSPS) is 17.7. The number of aromatic nitrogens is 1. The molecule has 19 heavy (non-hydrogen) atoms. The van der Waals surface area contributed by atoms with Gasteiger partial charge in [-0.05, 0) is 25.0 Å². The Balaban J connectivity index is 2.09. The first kappa shape index (κ1) is 11.2. The first-order valence-corrected chi connectivity index (χ1v) is 5.70. The summed E-state index contributed by atoms with van der Waals surface area (Å²) in [6.45, 7) is -2.25. The molecule has 104 valence electrons. The van der Waals surface area contributed by atoms with E-state index in [1.807, 2.05) is 0 Å². The number of nitrogens with one attached hydrogen (secondary N) is 1. The molecule has 1 amide bonds. The molecular weight excluding hydrogens is 259 g/mol. The molecule has 1 aliphatic rings. The van der Waals surface area contributed by atoms with E-state index in [-0.39, 0.29) is 17.5 Å². The third kappa shape index (κ3) is 3.66. The van der Waals surface area contributed by atoms with Crippen molar-refractivity contribution in [3.63, 3.8) is 0 Å². The van der Waals surface area contributed by atoms with Gasteiger partial charge in [0.15, 0.2) is 0 Å². The first-order valence-electron chi connectivity index (χ1n) is 6.70. The fourth-order valence-corrected chi connectivity index (χ4v) is 1.44. The molecule has 7 heteroatoms. The van der Waals surface area contributed by atoms with Crippen molar-refractivity contribution in [2.75, 3.05) is 7.05 Å². The molecule has 0 bridgehead atoms. The minimum Gasteiger partial charge on any atom is -0.281 e. The van der Waals surface area contributed by atoms with Gasteiger partial charge in [0.1, 0.15) is 0 Å². The maximum atomic E-state index is 12.4. The van der Waals surface area contributed by atoms with Crippen LogP contribution in [0.5, 0.6) is 0 Å². The molecule has 1 saturated carbocycles. The summed E-state index contributed by atoms with van der Waals surface area (Å²) in [6, 6.07) is 1.70. The highest BCUT2D eigenvalue weighted by atomic mass is 19.4. The molecule has 0 aromatic carbocycles. The number of halogens is 3. The SMILES string of the molecule is [2H]C([2H])(NN(C)C(=O)C1CC1)c1ccc(C(F)(F)F)cn1. The topological polar surface area (TPSA) is 45.2 Å². The molecule has 0 atom stereocenters. The summed E-state index contributed by atoms with van der Waals surface area (Å²) in [4.78, 5) is 15.2. The number of alkyl halides is 3. The average Bonchev–Trinajstić information content (AvgIpc) is 3.20. The minimum atomic E-state index is -4.52. The quantitative estimate of drug-likeness (QED) is 0.855. The number of pyridine rings is 1. The lowest BCUT2D eigenvalue weighted by Gasteiger charge is -2.18. The van der Waals surface area contributed by atoms with Gasteiger partial charge in [-0.25, -0.2) is 5.43 Å². The second-order valence-electron chi connectivity index (χ2n) is 4.34. The molecule has 4 nitrogen and oxygen atoms in total. The molecule has 0 saturated heterocycles. The summed E-state index contributed by atoms with van der Waals surface area (Å²) >= 11 is 0. The van der Waals surface area contributed by atoms with Gasteiger partial charge in [-0.15, -0.1) is 0 Å². The number of hydrazine groups is 1. The van der Waals surface area contributed by atoms with Crippen LogP contribution in [0.2, 0.25) is 0 Å². The van der Waals surface area contributed by atoms with E-state index in [9.17, 15) is 18.0 Å². The maximum absolute atomic E-state index is 12.4. The number of amides is 1. The summed E-state index contributed by atoms with van der Waals surface area (Å²) < 4.78 is 52.9. The highest BCUT2D eigenvalue weighted by Gasteiger charge is 2.32. The Morgan fingerprint density at radius 1 is 1.58 bits per heavy atom. The molecule has 1 aromatic heterocycles. The highest BCUT2D eigenvalue weighted by molar-refractivity contribution is 5.80. The van der Waals surface area contributed by atoms with Gasteiger partial charge in [-0.1, -0.05) is 0 Å². The lowest BCUT2D eigenvalue weighted by molar-refractivity contribution is -0.137. The zero-order valence-corrected chi connectivity index (χ0v) is 10.2. The third-order valence-electron chi connectivity index (χ3n) is 2.70. The van der Waals surface area contributed by atoms with E-state index in [1.165, 1.54) is 7.05 Å². The summed E-state index contributed by atoms with van der Waals surface area (Å²) in [5, 5.41) is 1.02. The molecule has 1 aromatic rings. The van der Waals surface area contributed by atoms with Gasteiger partial charge in [0.2, 0.25) is 5.91 Å². The maximum Gasteiger partial charge on any atom is 0.417 e. The molecular formula is C12H14F3N3O. The van der Waals surface area contributed by atoms with Crippen LogP contribution in [0.4, 0.5) is 13.2 Å². The number of hydrogen-bond acceptors (Lipinski definition) is 3. The Kier molecular flexibility index (Phi) is 3.05. The van der Waals surface area contributed by atoms with Gasteiger partial charge in [0.05, 0.1) is 20.5 Å². The lowest BCUT2D eigenvalue weighted by atomic mass is 10.2. The molecule has 0 spiro atoms. The second kappa shape index (κ2) is 5.16. The van der Waals surface area contributed by atoms with Crippen molar-refractivity contribution < 1.29 is 20.7 Å². The van der Waals surface area contributed by atoms with Crippen molar-refractivity contribution in [2.24, 2.45) is 5.92 Å². The van der Waals surface area contributed by atoms with Crippen molar-refractivity contribution in [3.8, 4) is 0 Å². The monoisotopic (exact) mass is 275 g/mol. The Hall–Kier alpha value is -1.63. The third-order valence-corrected chi connectivity index (χ3v) is 2.70. The predicted octanol–water partition coefficient (Wildman–Crippen LogP) is 1.97. The zero-order chi connectivity index (χ0) is 15.8. The van der Waals surface area contributed by atoms with Crippen LogP contribution in [-0.2, 0) is 17.5 Å². The van der Waals surface area contributed by atoms with E-state index in [1.54, 1.807) is 0 Å². The fourth-order valence-electron chi connectivity index (χ4n) is 1.44. The number of carbonyl (C=O) groups is 1. The first-order chi connectivity index (χ1) is 9.61. The Bertz CT molecular complexity index is 530. The Morgan fingerprint density at radius 3 is 2.74 bits per heavy atom. The van der Waals surface area contributed by atoms with E-state index < -0.39 is 18.2 Å². The smallest absolute Gasteiger partial charge is 0.281 e. The lowest BCUT2D eigenvalue weighted by Crippen LogP contribution is -2.40. The molecule has 1 N–H and O–H groups in total. The van der Waals surface area contributed by atoms with Gasteiger partial charge in [-0.3, -0.25) is 14.8 Å². The van der Waals surface area contributed by atoms with Crippen molar-refractivity contribution >= 4 is 5.91 Å². The second-order valence-corrected chi connectivity index (χ2v) is 4.34. The van der Waals surface area contributed by atoms with Crippen molar-refractivity contribution in [2.45, 2.75) is 25.5 Å². The van der Waals surface area contributed by atoms with Crippen LogP contribution in [0.3, 0.4) is 0 Å². The van der Waals surface area contributed by atoms with Crippen LogP contribution in [-0.4, -0.2) is 22.9 Å². The van der Waals surface area contributed by atoms with Crippen molar-refractivity contribution in [1.82, 2.24) is 15.4 Å². The van der Waals surface area contributed by atoms with E-state index in [2.05, 4.69) is 10.4 Å². The Labute approximate surface area is 111 Å². The van der Waals surface area contributed by atoms with Crippen LogP contribution in [0.1, 0.15) is 26.8 Å². The molecule has 1 heterocycles. The van der Waals surface area contributed by atoms with Crippen molar-refractivity contribution in [3.05, 3.63) is 29.6 Å². The largest absolute Gasteiger partial charge is 0.417 e. The summed E-state index contributed by atoms with van der Waals surface area (Å²) in [5.74, 6) is -0.343. The summed E-state index contributed by atoms with van der Waals surface area (Å²) in [7, 11) is 1.38. The van der Waals surface area contributed by atoms with Gasteiger partial charge < -0.3 is 0 Å². The van der Waals surface area contributed by atoms with E-state index in [4.69, 9.17) is 2.74 Å². The van der Waals surface area contributed by atoms with Gasteiger partial charge >= 0.3 is 6.18 Å². The molecule has 0 unspecified atom stereocenters. The predicted molar refractivity (Wildman–Crippen MR) is 61.6 cm³/mol. The van der Waals surface area contributed by atoms with Gasteiger partial charge in [0, 0.05) is 19.2 Å². The average molecular weight is 275 g/mol. The number of hydrogen-bond donors (Lipinski definition) is 1. The van der Waals surface area contributed by atoms with Crippen LogP contribution >= 0.6 is 0 Å².